The van der Waals surface area contributed by atoms with E-state index in [0.717, 1.165) is 35.7 Å². The van der Waals surface area contributed by atoms with Gasteiger partial charge in [0.05, 0.1) is 11.6 Å². The first-order valence-corrected chi connectivity index (χ1v) is 11.0. The smallest absolute Gasteiger partial charge is 0.225 e. The number of carbonyl (C=O) groups excluding carboxylic acids is 1. The molecule has 7 nitrogen and oxygen atoms in total. The Hall–Kier alpha value is -2.93. The monoisotopic (exact) mass is 442 g/mol. The summed E-state index contributed by atoms with van der Waals surface area (Å²) in [6.45, 7) is 5.05. The van der Waals surface area contributed by atoms with Crippen molar-refractivity contribution in [3.05, 3.63) is 52.5 Å². The number of guanidine groups is 1. The summed E-state index contributed by atoms with van der Waals surface area (Å²) in [7, 11) is 0. The number of hydrogen-bond acceptors (Lipinski definition) is 4. The van der Waals surface area contributed by atoms with Gasteiger partial charge in [-0.15, -0.1) is 0 Å². The number of ether oxygens (including phenoxy) is 2. The van der Waals surface area contributed by atoms with Crippen LogP contribution < -0.4 is 25.4 Å². The number of carbonyl (C=O) groups is 1. The van der Waals surface area contributed by atoms with E-state index >= 15 is 0 Å². The maximum atomic E-state index is 12.0. The van der Waals surface area contributed by atoms with Crippen LogP contribution in [-0.4, -0.2) is 44.7 Å². The topological polar surface area (TPSA) is 84.0 Å². The zero-order chi connectivity index (χ0) is 21.6. The first-order valence-electron chi connectivity index (χ1n) is 10.6. The van der Waals surface area contributed by atoms with Gasteiger partial charge in [0.25, 0.3) is 0 Å². The quantitative estimate of drug-likeness (QED) is 0.472. The molecule has 0 aromatic heterocycles. The van der Waals surface area contributed by atoms with Crippen molar-refractivity contribution in [3.63, 3.8) is 0 Å². The van der Waals surface area contributed by atoms with Crippen LogP contribution in [0.25, 0.3) is 0 Å². The molecule has 3 N–H and O–H groups in total. The van der Waals surface area contributed by atoms with E-state index in [1.807, 2.05) is 37.3 Å². The number of benzene rings is 2. The second-order valence-electron chi connectivity index (χ2n) is 7.53. The Morgan fingerprint density at radius 3 is 2.94 bits per heavy atom. The minimum absolute atomic E-state index is 0.0346. The first-order chi connectivity index (χ1) is 15.1. The fourth-order valence-corrected chi connectivity index (χ4v) is 4.13. The molecule has 0 bridgehead atoms. The molecular weight excluding hydrogens is 416 g/mol. The van der Waals surface area contributed by atoms with E-state index in [4.69, 9.17) is 26.1 Å². The van der Waals surface area contributed by atoms with Crippen molar-refractivity contribution in [2.75, 3.05) is 38.2 Å². The molecule has 0 fully saturated rings. The van der Waals surface area contributed by atoms with Crippen molar-refractivity contribution in [1.82, 2.24) is 10.6 Å². The average molecular weight is 443 g/mol. The van der Waals surface area contributed by atoms with Gasteiger partial charge in [0.1, 0.15) is 13.2 Å². The predicted molar refractivity (Wildman–Crippen MR) is 123 cm³/mol. The van der Waals surface area contributed by atoms with Crippen LogP contribution in [0.3, 0.4) is 0 Å². The Labute approximate surface area is 187 Å². The number of amides is 1. The second kappa shape index (κ2) is 9.92. The zero-order valence-corrected chi connectivity index (χ0v) is 18.3. The van der Waals surface area contributed by atoms with Crippen LogP contribution in [0.4, 0.5) is 5.69 Å². The average Bonchev–Trinajstić information content (AvgIpc) is 2.77. The Bertz CT molecular complexity index is 979. The molecule has 2 aliphatic heterocycles. The van der Waals surface area contributed by atoms with E-state index in [2.05, 4.69) is 22.0 Å². The van der Waals surface area contributed by atoms with Gasteiger partial charge < -0.3 is 25.4 Å². The number of nitrogens with one attached hydrogen (secondary N) is 3. The third-order valence-electron chi connectivity index (χ3n) is 5.28. The van der Waals surface area contributed by atoms with Crippen LogP contribution in [0.5, 0.6) is 11.5 Å². The third kappa shape index (κ3) is 5.22. The lowest BCUT2D eigenvalue weighted by atomic mass is 9.91. The summed E-state index contributed by atoms with van der Waals surface area (Å²) in [5.74, 6) is 2.15. The molecule has 0 saturated carbocycles. The van der Waals surface area contributed by atoms with Crippen LogP contribution in [0.1, 0.15) is 30.4 Å². The van der Waals surface area contributed by atoms with Gasteiger partial charge in [-0.3, -0.25) is 9.79 Å². The Balaban J connectivity index is 1.38. The first kappa shape index (κ1) is 21.3. The van der Waals surface area contributed by atoms with Gasteiger partial charge in [0.15, 0.2) is 17.5 Å². The summed E-state index contributed by atoms with van der Waals surface area (Å²) < 4.78 is 11.2. The van der Waals surface area contributed by atoms with E-state index in [1.165, 1.54) is 0 Å². The van der Waals surface area contributed by atoms with Crippen LogP contribution >= 0.6 is 11.6 Å². The summed E-state index contributed by atoms with van der Waals surface area (Å²) in [5.41, 5.74) is 3.08. The molecule has 2 aromatic carbocycles. The molecule has 0 radical (unpaired) electrons. The lowest BCUT2D eigenvalue weighted by Crippen LogP contribution is -2.38. The van der Waals surface area contributed by atoms with Gasteiger partial charge in [-0.05, 0) is 42.7 Å². The van der Waals surface area contributed by atoms with Gasteiger partial charge in [0, 0.05) is 31.1 Å². The highest BCUT2D eigenvalue weighted by molar-refractivity contribution is 6.32. The number of anilines is 1. The van der Waals surface area contributed by atoms with Gasteiger partial charge in [0.2, 0.25) is 5.91 Å². The van der Waals surface area contributed by atoms with Crippen molar-refractivity contribution < 1.29 is 14.3 Å². The van der Waals surface area contributed by atoms with Crippen molar-refractivity contribution in [3.8, 4) is 11.5 Å². The van der Waals surface area contributed by atoms with Gasteiger partial charge >= 0.3 is 0 Å². The molecule has 0 aliphatic carbocycles. The molecule has 1 atom stereocenters. The summed E-state index contributed by atoms with van der Waals surface area (Å²) in [6.07, 6.45) is 1.20. The normalized spacial score (nSPS) is 17.5. The second-order valence-corrected chi connectivity index (χ2v) is 7.94. The van der Waals surface area contributed by atoms with E-state index in [9.17, 15) is 4.79 Å². The van der Waals surface area contributed by atoms with Crippen molar-refractivity contribution in [1.29, 1.82) is 0 Å². The lowest BCUT2D eigenvalue weighted by molar-refractivity contribution is -0.116. The van der Waals surface area contributed by atoms with Crippen molar-refractivity contribution >= 4 is 29.2 Å². The van der Waals surface area contributed by atoms with E-state index in [0.29, 0.717) is 49.2 Å². The van der Waals surface area contributed by atoms with Crippen LogP contribution in [-0.2, 0) is 11.2 Å². The molecule has 31 heavy (non-hydrogen) atoms. The van der Waals surface area contributed by atoms with Crippen molar-refractivity contribution in [2.45, 2.75) is 25.7 Å². The molecular formula is C23H27ClN4O3. The highest BCUT2D eigenvalue weighted by Crippen LogP contribution is 2.38. The SMILES string of the molecule is CCNC(=NCC1CC(=O)Nc2ccccc21)NCCc1cc(Cl)c2c(c1)OCCO2. The molecule has 0 spiro atoms. The van der Waals surface area contributed by atoms with E-state index in [-0.39, 0.29) is 11.8 Å². The fourth-order valence-electron chi connectivity index (χ4n) is 3.84. The molecule has 4 rings (SSSR count). The summed E-state index contributed by atoms with van der Waals surface area (Å²) in [4.78, 5) is 16.8. The van der Waals surface area contributed by atoms with Gasteiger partial charge in [-0.1, -0.05) is 29.8 Å². The summed E-state index contributed by atoms with van der Waals surface area (Å²) in [6, 6.07) is 11.8. The minimum atomic E-state index is 0.0346. The third-order valence-corrected chi connectivity index (χ3v) is 5.56. The fraction of sp³-hybridized carbons (Fsp3) is 0.391. The molecule has 2 aliphatic rings. The predicted octanol–water partition coefficient (Wildman–Crippen LogP) is 3.33. The standard InChI is InChI=1S/C23H27ClN4O3/c1-2-25-23(27-14-16-13-21(29)28-19-6-4-3-5-17(16)19)26-8-7-15-11-18(24)22-20(12-15)30-9-10-31-22/h3-6,11-12,16H,2,7-10,13-14H2,1H3,(H,28,29)(H2,25,26,27). The Morgan fingerprint density at radius 2 is 2.06 bits per heavy atom. The van der Waals surface area contributed by atoms with Crippen LogP contribution in [0, 0.1) is 0 Å². The lowest BCUT2D eigenvalue weighted by Gasteiger charge is -2.24. The van der Waals surface area contributed by atoms with Crippen LogP contribution in [0.15, 0.2) is 41.4 Å². The Kier molecular flexibility index (Phi) is 6.82. The minimum Gasteiger partial charge on any atom is -0.486 e. The highest BCUT2D eigenvalue weighted by atomic mass is 35.5. The number of para-hydroxylation sites is 1. The zero-order valence-electron chi connectivity index (χ0n) is 17.5. The molecule has 1 amide bonds. The number of rotatable bonds is 6. The van der Waals surface area contributed by atoms with Gasteiger partial charge in [-0.25, -0.2) is 0 Å². The van der Waals surface area contributed by atoms with Crippen molar-refractivity contribution in [2.24, 2.45) is 4.99 Å². The molecule has 1 unspecified atom stereocenters. The summed E-state index contributed by atoms with van der Waals surface area (Å²) in [5, 5.41) is 10.1. The largest absolute Gasteiger partial charge is 0.486 e. The Morgan fingerprint density at radius 1 is 1.23 bits per heavy atom. The molecule has 0 saturated heterocycles. The molecule has 2 heterocycles. The van der Waals surface area contributed by atoms with E-state index in [1.54, 1.807) is 0 Å². The number of hydrogen-bond donors (Lipinski definition) is 3. The number of fused-ring (bicyclic) bond motifs is 2. The molecule has 2 aromatic rings. The number of nitrogens with zero attached hydrogens (tertiary/aromatic N) is 1. The molecule has 164 valence electrons. The maximum Gasteiger partial charge on any atom is 0.225 e. The summed E-state index contributed by atoms with van der Waals surface area (Å²) >= 11 is 6.33. The maximum absolute atomic E-state index is 12.0. The molecule has 8 heteroatoms. The van der Waals surface area contributed by atoms with Crippen LogP contribution in [0.2, 0.25) is 5.02 Å². The van der Waals surface area contributed by atoms with E-state index < -0.39 is 0 Å². The van der Waals surface area contributed by atoms with Gasteiger partial charge in [-0.2, -0.15) is 0 Å². The number of aliphatic imine (C=N–C) groups is 1. The number of halogens is 1. The highest BCUT2D eigenvalue weighted by Gasteiger charge is 2.24.